The van der Waals surface area contributed by atoms with E-state index in [1.807, 2.05) is 48.5 Å². The van der Waals surface area contributed by atoms with Crippen LogP contribution in [0.15, 0.2) is 72.8 Å². The first-order valence-electron chi connectivity index (χ1n) is 11.3. The summed E-state index contributed by atoms with van der Waals surface area (Å²) in [6.07, 6.45) is -0.254. The first-order chi connectivity index (χ1) is 15.9. The molecule has 0 heterocycles. The molecule has 1 atom stereocenters. The molecule has 0 aliphatic heterocycles. The van der Waals surface area contributed by atoms with Gasteiger partial charge in [-0.3, -0.25) is 4.79 Å². The highest BCUT2D eigenvalue weighted by atomic mass is 16.5. The van der Waals surface area contributed by atoms with Crippen molar-refractivity contribution in [1.29, 1.82) is 0 Å². The second-order valence-corrected chi connectivity index (χ2v) is 8.84. The van der Waals surface area contributed by atoms with Gasteiger partial charge in [-0.25, -0.2) is 4.79 Å². The lowest BCUT2D eigenvalue weighted by Gasteiger charge is -2.17. The Bertz CT molecular complexity index is 1090. The molecule has 3 aromatic carbocycles. The van der Waals surface area contributed by atoms with Crippen LogP contribution in [0.1, 0.15) is 47.9 Å². The number of hydrogen-bond donors (Lipinski definition) is 2. The van der Waals surface area contributed by atoms with Crippen LogP contribution in [0.5, 0.6) is 0 Å². The molecule has 0 unspecified atom stereocenters. The van der Waals surface area contributed by atoms with Gasteiger partial charge in [-0.2, -0.15) is 0 Å². The summed E-state index contributed by atoms with van der Waals surface area (Å²) in [5, 5.41) is 12.3. The molecule has 0 saturated carbocycles. The van der Waals surface area contributed by atoms with Crippen molar-refractivity contribution >= 4 is 12.1 Å². The van der Waals surface area contributed by atoms with E-state index in [1.54, 1.807) is 0 Å². The van der Waals surface area contributed by atoms with Crippen molar-refractivity contribution in [3.8, 4) is 11.1 Å². The van der Waals surface area contributed by atoms with E-state index in [-0.39, 0.29) is 19.1 Å². The minimum atomic E-state index is -0.943. The predicted octanol–water partition coefficient (Wildman–Crippen LogP) is 5.59. The quantitative estimate of drug-likeness (QED) is 0.476. The Kier molecular flexibility index (Phi) is 6.78. The molecule has 33 heavy (non-hydrogen) atoms. The summed E-state index contributed by atoms with van der Waals surface area (Å²) in [6, 6.07) is 24.2. The van der Waals surface area contributed by atoms with E-state index in [0.717, 1.165) is 27.8 Å². The van der Waals surface area contributed by atoms with Crippen molar-refractivity contribution in [3.63, 3.8) is 0 Å². The number of ether oxygens (including phenoxy) is 1. The summed E-state index contributed by atoms with van der Waals surface area (Å²) in [4.78, 5) is 24.1. The zero-order valence-electron chi connectivity index (χ0n) is 19.0. The fraction of sp³-hybridized carbons (Fsp3) is 0.286. The van der Waals surface area contributed by atoms with E-state index in [0.29, 0.717) is 12.3 Å². The highest BCUT2D eigenvalue weighted by Crippen LogP contribution is 2.44. The Hall–Kier alpha value is -3.60. The second kappa shape index (κ2) is 9.90. The maximum Gasteiger partial charge on any atom is 0.407 e. The van der Waals surface area contributed by atoms with E-state index < -0.39 is 18.0 Å². The highest BCUT2D eigenvalue weighted by molar-refractivity contribution is 5.79. The smallest absolute Gasteiger partial charge is 0.407 e. The van der Waals surface area contributed by atoms with Gasteiger partial charge in [0.1, 0.15) is 6.61 Å². The van der Waals surface area contributed by atoms with E-state index in [4.69, 9.17) is 4.74 Å². The standard InChI is InChI=1S/C28H29NO4/c1-18(2)20-13-11-19(12-14-20)15-21(27(30)31)16-29-28(32)33-17-26-24-9-5-3-7-22(24)23-8-4-6-10-25(23)26/h3-14,18,21,26H,15-17H2,1-2H3,(H,29,32)(H,30,31)/t21-/m1/s1. The molecule has 5 heteroatoms. The fourth-order valence-electron chi connectivity index (χ4n) is 4.43. The summed E-state index contributed by atoms with van der Waals surface area (Å²) >= 11 is 0. The Morgan fingerprint density at radius 1 is 0.909 bits per heavy atom. The summed E-state index contributed by atoms with van der Waals surface area (Å²) in [5.41, 5.74) is 6.75. The number of nitrogens with one attached hydrogen (secondary N) is 1. The lowest BCUT2D eigenvalue weighted by Crippen LogP contribution is -2.35. The van der Waals surface area contributed by atoms with E-state index in [1.165, 1.54) is 5.56 Å². The third-order valence-electron chi connectivity index (χ3n) is 6.31. The van der Waals surface area contributed by atoms with Crippen molar-refractivity contribution in [2.24, 2.45) is 5.92 Å². The molecule has 4 rings (SSSR count). The molecule has 3 aromatic rings. The van der Waals surface area contributed by atoms with Crippen LogP contribution in [-0.2, 0) is 16.0 Å². The van der Waals surface area contributed by atoms with Crippen molar-refractivity contribution in [3.05, 3.63) is 95.1 Å². The number of fused-ring (bicyclic) bond motifs is 3. The monoisotopic (exact) mass is 443 g/mol. The summed E-state index contributed by atoms with van der Waals surface area (Å²) in [5.74, 6) is -1.28. The van der Waals surface area contributed by atoms with Gasteiger partial charge in [0.2, 0.25) is 0 Å². The average molecular weight is 444 g/mol. The third-order valence-corrected chi connectivity index (χ3v) is 6.31. The SMILES string of the molecule is CC(C)c1ccc(C[C@H](CNC(=O)OCC2c3ccccc3-c3ccccc32)C(=O)O)cc1. The van der Waals surface area contributed by atoms with Crippen molar-refractivity contribution in [2.75, 3.05) is 13.2 Å². The van der Waals surface area contributed by atoms with Gasteiger partial charge in [0, 0.05) is 12.5 Å². The number of carbonyl (C=O) groups is 2. The summed E-state index contributed by atoms with van der Waals surface area (Å²) < 4.78 is 5.52. The van der Waals surface area contributed by atoms with Crippen LogP contribution >= 0.6 is 0 Å². The molecule has 170 valence electrons. The minimum absolute atomic E-state index is 0.0118. The molecule has 0 saturated heterocycles. The summed E-state index contributed by atoms with van der Waals surface area (Å²) in [7, 11) is 0. The lowest BCUT2D eigenvalue weighted by atomic mass is 9.96. The number of carboxylic acids is 1. The van der Waals surface area contributed by atoms with E-state index in [2.05, 4.69) is 43.4 Å². The number of aliphatic carboxylic acids is 1. The van der Waals surface area contributed by atoms with Gasteiger partial charge in [0.15, 0.2) is 0 Å². The van der Waals surface area contributed by atoms with Crippen molar-refractivity contribution < 1.29 is 19.4 Å². The number of hydrogen-bond acceptors (Lipinski definition) is 3. The molecule has 2 N–H and O–H groups in total. The van der Waals surface area contributed by atoms with Crippen LogP contribution in [-0.4, -0.2) is 30.3 Å². The molecular formula is C28H29NO4. The van der Waals surface area contributed by atoms with Gasteiger partial charge in [0.25, 0.3) is 0 Å². The van der Waals surface area contributed by atoms with Crippen LogP contribution in [0.25, 0.3) is 11.1 Å². The Balaban J connectivity index is 1.34. The van der Waals surface area contributed by atoms with Gasteiger partial charge < -0.3 is 15.2 Å². The van der Waals surface area contributed by atoms with Crippen LogP contribution in [0.2, 0.25) is 0 Å². The second-order valence-electron chi connectivity index (χ2n) is 8.84. The zero-order chi connectivity index (χ0) is 23.4. The predicted molar refractivity (Wildman–Crippen MR) is 128 cm³/mol. The van der Waals surface area contributed by atoms with Gasteiger partial charge in [0.05, 0.1) is 5.92 Å². The maximum absolute atomic E-state index is 12.4. The number of alkyl carbamates (subject to hydrolysis) is 1. The fourth-order valence-corrected chi connectivity index (χ4v) is 4.43. The largest absolute Gasteiger partial charge is 0.481 e. The topological polar surface area (TPSA) is 75.6 Å². The van der Waals surface area contributed by atoms with E-state index >= 15 is 0 Å². The minimum Gasteiger partial charge on any atom is -0.481 e. The average Bonchev–Trinajstić information content (AvgIpc) is 3.14. The number of carbonyl (C=O) groups excluding carboxylic acids is 1. The molecule has 0 bridgehead atoms. The third kappa shape index (κ3) is 5.08. The Labute approximate surface area is 194 Å². The number of benzene rings is 3. The number of rotatable bonds is 8. The lowest BCUT2D eigenvalue weighted by molar-refractivity contribution is -0.141. The molecule has 0 aromatic heterocycles. The first kappa shape index (κ1) is 22.6. The molecule has 5 nitrogen and oxygen atoms in total. The van der Waals surface area contributed by atoms with Gasteiger partial charge >= 0.3 is 12.1 Å². The van der Waals surface area contributed by atoms with Crippen LogP contribution in [0, 0.1) is 5.92 Å². The van der Waals surface area contributed by atoms with Crippen LogP contribution in [0.4, 0.5) is 4.79 Å². The van der Waals surface area contributed by atoms with Crippen molar-refractivity contribution in [2.45, 2.75) is 32.1 Å². The molecule has 0 fully saturated rings. The van der Waals surface area contributed by atoms with E-state index in [9.17, 15) is 14.7 Å². The van der Waals surface area contributed by atoms with Crippen molar-refractivity contribution in [1.82, 2.24) is 5.32 Å². The molecule has 1 amide bonds. The molecule has 1 aliphatic rings. The van der Waals surface area contributed by atoms with Gasteiger partial charge in [-0.15, -0.1) is 0 Å². The normalized spacial score (nSPS) is 13.3. The molecule has 1 aliphatic carbocycles. The number of amides is 1. The van der Waals surface area contributed by atoms with Gasteiger partial charge in [-0.1, -0.05) is 86.6 Å². The molecular weight excluding hydrogens is 414 g/mol. The first-order valence-corrected chi connectivity index (χ1v) is 11.3. The Morgan fingerprint density at radius 3 is 2.03 bits per heavy atom. The highest BCUT2D eigenvalue weighted by Gasteiger charge is 2.29. The van der Waals surface area contributed by atoms with Crippen LogP contribution < -0.4 is 5.32 Å². The summed E-state index contributed by atoms with van der Waals surface area (Å²) in [6.45, 7) is 4.45. The zero-order valence-corrected chi connectivity index (χ0v) is 19.0. The molecule has 0 radical (unpaired) electrons. The Morgan fingerprint density at radius 2 is 1.48 bits per heavy atom. The van der Waals surface area contributed by atoms with Gasteiger partial charge in [-0.05, 0) is 45.7 Å². The van der Waals surface area contributed by atoms with Crippen LogP contribution in [0.3, 0.4) is 0 Å². The maximum atomic E-state index is 12.4. The number of carboxylic acid groups (broad SMARTS) is 1. The molecule has 0 spiro atoms.